The molecule has 0 aliphatic carbocycles. The smallest absolute Gasteiger partial charge is 0.0110 e. The Balaban J connectivity index is 1.31. The maximum absolute atomic E-state index is 2.71. The van der Waals surface area contributed by atoms with Crippen LogP contribution in [0.1, 0.15) is 104 Å². The third-order valence-corrected chi connectivity index (χ3v) is 7.78. The molecule has 4 nitrogen and oxygen atoms in total. The minimum atomic E-state index is 1.30. The highest BCUT2D eigenvalue weighted by Gasteiger charge is 2.16. The maximum Gasteiger partial charge on any atom is 0.0110 e. The summed E-state index contributed by atoms with van der Waals surface area (Å²) in [5.41, 5.74) is 0. The summed E-state index contributed by atoms with van der Waals surface area (Å²) in [7, 11) is 0. The van der Waals surface area contributed by atoms with E-state index in [0.717, 1.165) is 0 Å². The first-order valence-electron chi connectivity index (χ1n) is 14.7. The zero-order chi connectivity index (χ0) is 22.7. The van der Waals surface area contributed by atoms with E-state index in [1.807, 2.05) is 0 Å². The highest BCUT2D eigenvalue weighted by Crippen LogP contribution is 2.11. The van der Waals surface area contributed by atoms with Crippen molar-refractivity contribution in [2.24, 2.45) is 0 Å². The molecule has 2 rings (SSSR count). The van der Waals surface area contributed by atoms with E-state index in [-0.39, 0.29) is 0 Å². The van der Waals surface area contributed by atoms with Gasteiger partial charge in [0.25, 0.3) is 0 Å². The summed E-state index contributed by atoms with van der Waals surface area (Å²) in [5.74, 6) is 0. The van der Waals surface area contributed by atoms with Gasteiger partial charge in [0, 0.05) is 52.4 Å². The first kappa shape index (κ1) is 28.1. The molecule has 2 fully saturated rings. The molecular formula is C28H58N4. The Morgan fingerprint density at radius 2 is 0.531 bits per heavy atom. The quantitative estimate of drug-likeness (QED) is 0.233. The van der Waals surface area contributed by atoms with Crippen molar-refractivity contribution < 1.29 is 0 Å². The van der Waals surface area contributed by atoms with Crippen LogP contribution >= 0.6 is 0 Å². The minimum absolute atomic E-state index is 1.30. The standard InChI is InChI=1S/C28H58N4/c1-3-5-7-14-18-30-25-27-32(28-26-30)20-16-12-10-8-9-11-15-19-31-23-21-29(22-24-31)17-13-6-4-2/h3-28H2,1-2H3. The van der Waals surface area contributed by atoms with E-state index >= 15 is 0 Å². The largest absolute Gasteiger partial charge is 0.301 e. The van der Waals surface area contributed by atoms with Crippen molar-refractivity contribution in [3.63, 3.8) is 0 Å². The van der Waals surface area contributed by atoms with Gasteiger partial charge in [-0.05, 0) is 51.9 Å². The third kappa shape index (κ3) is 13.5. The predicted octanol–water partition coefficient (Wildman–Crippen LogP) is 5.72. The summed E-state index contributed by atoms with van der Waals surface area (Å²) < 4.78 is 0. The number of piperazine rings is 2. The van der Waals surface area contributed by atoms with Crippen LogP contribution in [0.3, 0.4) is 0 Å². The number of nitrogens with zero attached hydrogens (tertiary/aromatic N) is 4. The van der Waals surface area contributed by atoms with E-state index in [4.69, 9.17) is 0 Å². The highest BCUT2D eigenvalue weighted by atomic mass is 15.3. The summed E-state index contributed by atoms with van der Waals surface area (Å²) in [4.78, 5) is 10.8. The van der Waals surface area contributed by atoms with Crippen LogP contribution in [0.15, 0.2) is 0 Å². The Labute approximate surface area is 202 Å². The van der Waals surface area contributed by atoms with Gasteiger partial charge in [-0.15, -0.1) is 0 Å². The Morgan fingerprint density at radius 3 is 0.844 bits per heavy atom. The van der Waals surface area contributed by atoms with E-state index in [1.165, 1.54) is 168 Å². The Bertz CT molecular complexity index is 400. The normalized spacial score (nSPS) is 19.7. The summed E-state index contributed by atoms with van der Waals surface area (Å²) in [5, 5.41) is 0. The molecule has 0 aromatic heterocycles. The molecular weight excluding hydrogens is 392 g/mol. The molecule has 0 radical (unpaired) electrons. The van der Waals surface area contributed by atoms with Crippen molar-refractivity contribution in [2.45, 2.75) is 104 Å². The van der Waals surface area contributed by atoms with Gasteiger partial charge in [-0.2, -0.15) is 0 Å². The topological polar surface area (TPSA) is 13.0 Å². The second-order valence-electron chi connectivity index (χ2n) is 10.6. The van der Waals surface area contributed by atoms with Crippen molar-refractivity contribution >= 4 is 0 Å². The van der Waals surface area contributed by atoms with Crippen molar-refractivity contribution in [2.75, 3.05) is 78.5 Å². The fraction of sp³-hybridized carbons (Fsp3) is 1.00. The number of hydrogen-bond donors (Lipinski definition) is 0. The second-order valence-corrected chi connectivity index (χ2v) is 10.6. The molecule has 2 aliphatic rings. The molecule has 0 aromatic rings. The van der Waals surface area contributed by atoms with E-state index in [9.17, 15) is 0 Å². The lowest BCUT2D eigenvalue weighted by atomic mass is 10.1. The molecule has 0 amide bonds. The Morgan fingerprint density at radius 1 is 0.312 bits per heavy atom. The monoisotopic (exact) mass is 450 g/mol. The fourth-order valence-electron chi connectivity index (χ4n) is 5.38. The van der Waals surface area contributed by atoms with Crippen LogP contribution in [0.4, 0.5) is 0 Å². The summed E-state index contributed by atoms with van der Waals surface area (Å²) in [6.45, 7) is 20.4. The Kier molecular flexibility index (Phi) is 16.8. The first-order valence-corrected chi connectivity index (χ1v) is 14.7. The van der Waals surface area contributed by atoms with Gasteiger partial charge in [-0.1, -0.05) is 78.1 Å². The maximum atomic E-state index is 2.71. The van der Waals surface area contributed by atoms with E-state index < -0.39 is 0 Å². The number of rotatable bonds is 19. The molecule has 2 saturated heterocycles. The van der Waals surface area contributed by atoms with Crippen LogP contribution in [0.2, 0.25) is 0 Å². The van der Waals surface area contributed by atoms with Crippen LogP contribution in [0, 0.1) is 0 Å². The van der Waals surface area contributed by atoms with Gasteiger partial charge in [0.1, 0.15) is 0 Å². The van der Waals surface area contributed by atoms with Crippen LogP contribution < -0.4 is 0 Å². The molecule has 32 heavy (non-hydrogen) atoms. The molecule has 0 saturated carbocycles. The van der Waals surface area contributed by atoms with Gasteiger partial charge in [-0.3, -0.25) is 0 Å². The van der Waals surface area contributed by atoms with Crippen LogP contribution in [-0.4, -0.2) is 98.1 Å². The SMILES string of the molecule is CCCCCCN1CCN(CCCCCCCCCN2CCN(CCCCC)CC2)CC1. The zero-order valence-electron chi connectivity index (χ0n) is 22.2. The third-order valence-electron chi connectivity index (χ3n) is 7.78. The van der Waals surface area contributed by atoms with Crippen LogP contribution in [0.5, 0.6) is 0 Å². The summed E-state index contributed by atoms with van der Waals surface area (Å²) in [6.07, 6.45) is 19.8. The van der Waals surface area contributed by atoms with E-state index in [0.29, 0.717) is 0 Å². The molecule has 4 heteroatoms. The van der Waals surface area contributed by atoms with Crippen LogP contribution in [0.25, 0.3) is 0 Å². The average Bonchev–Trinajstić information content (AvgIpc) is 2.83. The van der Waals surface area contributed by atoms with Crippen molar-refractivity contribution in [1.82, 2.24) is 19.6 Å². The van der Waals surface area contributed by atoms with Crippen molar-refractivity contribution in [1.29, 1.82) is 0 Å². The van der Waals surface area contributed by atoms with E-state index in [1.54, 1.807) is 0 Å². The van der Waals surface area contributed by atoms with Gasteiger partial charge in [0.2, 0.25) is 0 Å². The van der Waals surface area contributed by atoms with Crippen LogP contribution in [-0.2, 0) is 0 Å². The zero-order valence-corrected chi connectivity index (χ0v) is 22.2. The summed E-state index contributed by atoms with van der Waals surface area (Å²) >= 11 is 0. The minimum Gasteiger partial charge on any atom is -0.301 e. The van der Waals surface area contributed by atoms with Crippen molar-refractivity contribution in [3.8, 4) is 0 Å². The average molecular weight is 451 g/mol. The molecule has 2 aliphatic heterocycles. The van der Waals surface area contributed by atoms with Crippen molar-refractivity contribution in [3.05, 3.63) is 0 Å². The number of unbranched alkanes of at least 4 members (excludes halogenated alkanes) is 11. The molecule has 0 atom stereocenters. The van der Waals surface area contributed by atoms with Gasteiger partial charge in [-0.25, -0.2) is 0 Å². The first-order chi connectivity index (χ1) is 15.8. The lowest BCUT2D eigenvalue weighted by Gasteiger charge is -2.34. The molecule has 0 spiro atoms. The molecule has 0 aromatic carbocycles. The predicted molar refractivity (Wildman–Crippen MR) is 142 cm³/mol. The summed E-state index contributed by atoms with van der Waals surface area (Å²) in [6, 6.07) is 0. The van der Waals surface area contributed by atoms with Gasteiger partial charge in [0.05, 0.1) is 0 Å². The van der Waals surface area contributed by atoms with Gasteiger partial charge >= 0.3 is 0 Å². The fourth-order valence-corrected chi connectivity index (χ4v) is 5.38. The lowest BCUT2D eigenvalue weighted by Crippen LogP contribution is -2.46. The molecule has 2 heterocycles. The molecule has 190 valence electrons. The highest BCUT2D eigenvalue weighted by molar-refractivity contribution is 4.73. The number of hydrogen-bond acceptors (Lipinski definition) is 4. The molecule has 0 unspecified atom stereocenters. The second kappa shape index (κ2) is 19.2. The molecule has 0 N–H and O–H groups in total. The van der Waals surface area contributed by atoms with E-state index in [2.05, 4.69) is 33.4 Å². The van der Waals surface area contributed by atoms with Gasteiger partial charge < -0.3 is 19.6 Å². The van der Waals surface area contributed by atoms with Gasteiger partial charge in [0.15, 0.2) is 0 Å². The lowest BCUT2D eigenvalue weighted by molar-refractivity contribution is 0.128. The Hall–Kier alpha value is -0.160. The molecule has 0 bridgehead atoms.